The van der Waals surface area contributed by atoms with E-state index in [1.54, 1.807) is 12.2 Å². The Morgan fingerprint density at radius 2 is 1.14 bits per heavy atom. The van der Waals surface area contributed by atoms with Crippen molar-refractivity contribution >= 4 is 0 Å². The van der Waals surface area contributed by atoms with Crippen molar-refractivity contribution < 1.29 is 0 Å². The molecule has 0 aromatic heterocycles. The molecule has 0 aliphatic carbocycles. The summed E-state index contributed by atoms with van der Waals surface area (Å²) in [6.45, 7) is 15.1. The van der Waals surface area contributed by atoms with E-state index in [1.807, 2.05) is 24.3 Å². The molecule has 74 valence electrons. The molecule has 0 saturated heterocycles. The third-order valence-electron chi connectivity index (χ3n) is 1.70. The second kappa shape index (κ2) is 8.06. The summed E-state index contributed by atoms with van der Waals surface area (Å²) in [5.74, 6) is 0. The van der Waals surface area contributed by atoms with Gasteiger partial charge in [-0.3, -0.25) is 0 Å². The second-order valence-electron chi connectivity index (χ2n) is 3.01. The standard InChI is InChI=1S/C14H18/c1-5-7-9-13(3)11-12-14(4)10-8-6-2/h5-10H,1-4,11-12H2/b9-7-,10-8-. The van der Waals surface area contributed by atoms with Gasteiger partial charge in [0.25, 0.3) is 0 Å². The highest BCUT2D eigenvalue weighted by Gasteiger charge is 1.91. The molecule has 0 heteroatoms. The number of rotatable bonds is 7. The van der Waals surface area contributed by atoms with Crippen molar-refractivity contribution in [1.29, 1.82) is 0 Å². The molecule has 0 fully saturated rings. The van der Waals surface area contributed by atoms with Gasteiger partial charge >= 0.3 is 0 Å². The summed E-state index contributed by atoms with van der Waals surface area (Å²) in [6, 6.07) is 0. The Labute approximate surface area is 87.3 Å². The van der Waals surface area contributed by atoms with E-state index < -0.39 is 0 Å². The highest BCUT2D eigenvalue weighted by Crippen LogP contribution is 2.10. The molecule has 0 aromatic carbocycles. The van der Waals surface area contributed by atoms with E-state index in [0.717, 1.165) is 24.0 Å². The fourth-order valence-corrected chi connectivity index (χ4v) is 0.896. The molecule has 0 bridgehead atoms. The monoisotopic (exact) mass is 186 g/mol. The van der Waals surface area contributed by atoms with Crippen molar-refractivity contribution in [3.8, 4) is 0 Å². The molecule has 0 saturated carbocycles. The molecule has 0 aliphatic heterocycles. The van der Waals surface area contributed by atoms with Gasteiger partial charge in [0, 0.05) is 0 Å². The molecule has 0 amide bonds. The van der Waals surface area contributed by atoms with Crippen LogP contribution >= 0.6 is 0 Å². The lowest BCUT2D eigenvalue weighted by Crippen LogP contribution is -1.80. The average molecular weight is 186 g/mol. The van der Waals surface area contributed by atoms with Crippen molar-refractivity contribution in [2.75, 3.05) is 0 Å². The third kappa shape index (κ3) is 7.11. The van der Waals surface area contributed by atoms with Crippen molar-refractivity contribution in [3.63, 3.8) is 0 Å². The summed E-state index contributed by atoms with van der Waals surface area (Å²) in [5, 5.41) is 0. The van der Waals surface area contributed by atoms with Crippen LogP contribution in [0.2, 0.25) is 0 Å². The first-order valence-electron chi connectivity index (χ1n) is 4.64. The highest BCUT2D eigenvalue weighted by atomic mass is 14.0. The van der Waals surface area contributed by atoms with Crippen LogP contribution in [0.1, 0.15) is 12.8 Å². The summed E-state index contributed by atoms with van der Waals surface area (Å²) in [5.41, 5.74) is 2.19. The fraction of sp³-hybridized carbons (Fsp3) is 0.143. The molecule has 0 N–H and O–H groups in total. The number of hydrogen-bond acceptors (Lipinski definition) is 0. The van der Waals surface area contributed by atoms with Crippen LogP contribution in [0.25, 0.3) is 0 Å². The minimum atomic E-state index is 0.935. The summed E-state index contributed by atoms with van der Waals surface area (Å²) in [7, 11) is 0. The van der Waals surface area contributed by atoms with Crippen molar-refractivity contribution in [3.05, 3.63) is 73.9 Å². The van der Waals surface area contributed by atoms with Gasteiger partial charge in [-0.25, -0.2) is 0 Å². The summed E-state index contributed by atoms with van der Waals surface area (Å²) in [6.07, 6.45) is 13.1. The van der Waals surface area contributed by atoms with E-state index >= 15 is 0 Å². The average Bonchev–Trinajstić information content (AvgIpc) is 2.20. The van der Waals surface area contributed by atoms with E-state index in [1.165, 1.54) is 0 Å². The molecule has 0 heterocycles. The predicted molar refractivity (Wildman–Crippen MR) is 66.2 cm³/mol. The molecular weight excluding hydrogens is 168 g/mol. The van der Waals surface area contributed by atoms with Crippen LogP contribution in [0.5, 0.6) is 0 Å². The zero-order chi connectivity index (χ0) is 10.8. The number of hydrogen-bond donors (Lipinski definition) is 0. The van der Waals surface area contributed by atoms with Gasteiger partial charge in [0.05, 0.1) is 0 Å². The van der Waals surface area contributed by atoms with Crippen LogP contribution in [0.4, 0.5) is 0 Å². The first-order chi connectivity index (χ1) is 6.70. The second-order valence-corrected chi connectivity index (χ2v) is 3.01. The largest absolute Gasteiger partial charge is 0.0991 e. The van der Waals surface area contributed by atoms with Gasteiger partial charge in [-0.15, -0.1) is 0 Å². The Bertz CT molecular complexity index is 244. The maximum atomic E-state index is 3.92. The SMILES string of the molecule is C=C/C=C\C(=C)CCC(=C)/C=C\C=C. The Kier molecular flexibility index (Phi) is 7.16. The van der Waals surface area contributed by atoms with Gasteiger partial charge in [-0.2, -0.15) is 0 Å². The van der Waals surface area contributed by atoms with Crippen LogP contribution in [0.3, 0.4) is 0 Å². The Hall–Kier alpha value is -1.56. The molecule has 0 nitrogen and oxygen atoms in total. The van der Waals surface area contributed by atoms with E-state index in [-0.39, 0.29) is 0 Å². The van der Waals surface area contributed by atoms with Crippen LogP contribution < -0.4 is 0 Å². The quantitative estimate of drug-likeness (QED) is 0.518. The molecule has 0 atom stereocenters. The lowest BCUT2D eigenvalue weighted by atomic mass is 10.1. The molecule has 0 radical (unpaired) electrons. The fourth-order valence-electron chi connectivity index (χ4n) is 0.896. The lowest BCUT2D eigenvalue weighted by molar-refractivity contribution is 0.978. The molecule has 0 rings (SSSR count). The van der Waals surface area contributed by atoms with E-state index in [4.69, 9.17) is 0 Å². The summed E-state index contributed by atoms with van der Waals surface area (Å²) < 4.78 is 0. The first kappa shape index (κ1) is 12.4. The van der Waals surface area contributed by atoms with Crippen LogP contribution in [0.15, 0.2) is 73.9 Å². The maximum absolute atomic E-state index is 3.92. The third-order valence-corrected chi connectivity index (χ3v) is 1.70. The predicted octanol–water partition coefficient (Wildman–Crippen LogP) is 4.36. The van der Waals surface area contributed by atoms with Crippen LogP contribution in [0, 0.1) is 0 Å². The minimum absolute atomic E-state index is 0.935. The van der Waals surface area contributed by atoms with E-state index in [0.29, 0.717) is 0 Å². The van der Waals surface area contributed by atoms with Crippen molar-refractivity contribution in [2.45, 2.75) is 12.8 Å². The zero-order valence-corrected chi connectivity index (χ0v) is 8.71. The molecule has 0 aliphatic rings. The Morgan fingerprint density at radius 1 is 0.786 bits per heavy atom. The lowest BCUT2D eigenvalue weighted by Gasteiger charge is -1.99. The topological polar surface area (TPSA) is 0 Å². The van der Waals surface area contributed by atoms with E-state index in [9.17, 15) is 0 Å². The summed E-state index contributed by atoms with van der Waals surface area (Å²) in [4.78, 5) is 0. The van der Waals surface area contributed by atoms with Gasteiger partial charge in [-0.1, -0.05) is 73.9 Å². The van der Waals surface area contributed by atoms with Crippen LogP contribution in [-0.2, 0) is 0 Å². The van der Waals surface area contributed by atoms with Gasteiger partial charge in [0.1, 0.15) is 0 Å². The molecule has 0 unspecified atom stereocenters. The van der Waals surface area contributed by atoms with E-state index in [2.05, 4.69) is 26.3 Å². The van der Waals surface area contributed by atoms with Gasteiger partial charge in [0.15, 0.2) is 0 Å². The Balaban J connectivity index is 3.82. The Morgan fingerprint density at radius 3 is 1.43 bits per heavy atom. The normalized spacial score (nSPS) is 10.6. The molecule has 14 heavy (non-hydrogen) atoms. The van der Waals surface area contributed by atoms with Gasteiger partial charge in [0.2, 0.25) is 0 Å². The van der Waals surface area contributed by atoms with Gasteiger partial charge in [-0.05, 0) is 12.8 Å². The molecular formula is C14H18. The highest BCUT2D eigenvalue weighted by molar-refractivity contribution is 5.23. The number of allylic oxidation sites excluding steroid dienone is 8. The van der Waals surface area contributed by atoms with Crippen molar-refractivity contribution in [1.82, 2.24) is 0 Å². The van der Waals surface area contributed by atoms with Crippen LogP contribution in [-0.4, -0.2) is 0 Å². The molecule has 0 spiro atoms. The van der Waals surface area contributed by atoms with Crippen molar-refractivity contribution in [2.24, 2.45) is 0 Å². The first-order valence-corrected chi connectivity index (χ1v) is 4.64. The smallest absolute Gasteiger partial charge is 0.0244 e. The zero-order valence-electron chi connectivity index (χ0n) is 8.71. The van der Waals surface area contributed by atoms with Gasteiger partial charge < -0.3 is 0 Å². The molecule has 0 aromatic rings. The maximum Gasteiger partial charge on any atom is -0.0244 e. The minimum Gasteiger partial charge on any atom is -0.0991 e. The summed E-state index contributed by atoms with van der Waals surface area (Å²) >= 11 is 0.